The maximum atomic E-state index is 14.6. The molecule has 59 heavy (non-hydrogen) atoms. The van der Waals surface area contributed by atoms with Crippen molar-refractivity contribution in [3.63, 3.8) is 0 Å². The molecule has 0 spiro atoms. The highest BCUT2D eigenvalue weighted by molar-refractivity contribution is 7.13. The average Bonchev–Trinajstić information content (AvgIpc) is 3.75. The van der Waals surface area contributed by atoms with E-state index in [1.54, 1.807) is 17.2 Å². The van der Waals surface area contributed by atoms with Gasteiger partial charge in [0.1, 0.15) is 5.82 Å². The van der Waals surface area contributed by atoms with Gasteiger partial charge in [-0.25, -0.2) is 14.4 Å². The first-order valence-corrected chi connectivity index (χ1v) is 21.6. The molecule has 310 valence electrons. The van der Waals surface area contributed by atoms with Crippen LogP contribution < -0.4 is 15.5 Å². The Morgan fingerprint density at radius 2 is 1.68 bits per heavy atom. The molecule has 0 saturated carbocycles. The second-order valence-corrected chi connectivity index (χ2v) is 17.3. The molecule has 8 rings (SSSR count). The SMILES string of the molecule is O=C1CC[C@@H](c2ccc(N3CCC(O)(CC(=O)N4CCC(c5cc(CN6CCN(C(=O)c7cccc(Cl)c7F)CC6)nc(Nc6nccs6)c5)CC4)CC3)cc2)C(=O)N1. The van der Waals surface area contributed by atoms with Gasteiger partial charge in [-0.1, -0.05) is 29.8 Å². The summed E-state index contributed by atoms with van der Waals surface area (Å²) in [4.78, 5) is 67.9. The van der Waals surface area contributed by atoms with Gasteiger partial charge in [-0.2, -0.15) is 0 Å². The van der Waals surface area contributed by atoms with Crippen molar-refractivity contribution in [3.8, 4) is 0 Å². The number of likely N-dealkylation sites (tertiary alicyclic amines) is 1. The molecular formula is C43H48ClFN8O5S. The van der Waals surface area contributed by atoms with Gasteiger partial charge in [-0.15, -0.1) is 11.3 Å². The van der Waals surface area contributed by atoms with Crippen LogP contribution in [0.3, 0.4) is 0 Å². The highest BCUT2D eigenvalue weighted by Crippen LogP contribution is 2.35. The number of hydrogen-bond acceptors (Lipinski definition) is 11. The normalized spacial score (nSPS) is 20.4. The first-order valence-electron chi connectivity index (χ1n) is 20.3. The number of benzene rings is 2. The highest BCUT2D eigenvalue weighted by Gasteiger charge is 2.37. The Labute approximate surface area is 351 Å². The number of piperidine rings is 3. The summed E-state index contributed by atoms with van der Waals surface area (Å²) in [5.74, 6) is -0.971. The maximum Gasteiger partial charge on any atom is 0.256 e. The van der Waals surface area contributed by atoms with Crippen molar-refractivity contribution in [3.05, 3.63) is 99.4 Å². The van der Waals surface area contributed by atoms with Gasteiger partial charge in [-0.3, -0.25) is 29.4 Å². The molecule has 4 saturated heterocycles. The molecule has 4 fully saturated rings. The number of carbonyl (C=O) groups is 4. The quantitative estimate of drug-likeness (QED) is 0.170. The zero-order valence-electron chi connectivity index (χ0n) is 32.7. The topological polar surface area (TPSA) is 151 Å². The van der Waals surface area contributed by atoms with Gasteiger partial charge in [0.05, 0.1) is 34.2 Å². The van der Waals surface area contributed by atoms with Crippen molar-refractivity contribution in [1.29, 1.82) is 0 Å². The maximum absolute atomic E-state index is 14.6. The molecule has 3 N–H and O–H groups in total. The van der Waals surface area contributed by atoms with Crippen LogP contribution in [0.2, 0.25) is 5.02 Å². The number of carbonyl (C=O) groups excluding carboxylic acids is 4. The molecule has 4 aliphatic heterocycles. The molecule has 13 nitrogen and oxygen atoms in total. The van der Waals surface area contributed by atoms with Crippen LogP contribution in [0.5, 0.6) is 0 Å². The van der Waals surface area contributed by atoms with E-state index in [0.29, 0.717) is 90.4 Å². The predicted octanol–water partition coefficient (Wildman–Crippen LogP) is 5.68. The molecule has 0 bridgehead atoms. The van der Waals surface area contributed by atoms with E-state index in [1.807, 2.05) is 34.5 Å². The van der Waals surface area contributed by atoms with E-state index in [0.717, 1.165) is 40.5 Å². The summed E-state index contributed by atoms with van der Waals surface area (Å²) < 4.78 is 14.6. The third kappa shape index (κ3) is 9.59. The van der Waals surface area contributed by atoms with E-state index >= 15 is 0 Å². The van der Waals surface area contributed by atoms with Crippen LogP contribution in [0.4, 0.5) is 21.0 Å². The van der Waals surface area contributed by atoms with Crippen molar-refractivity contribution in [1.82, 2.24) is 30.0 Å². The Balaban J connectivity index is 0.843. The number of aromatic nitrogens is 2. The fourth-order valence-corrected chi connectivity index (χ4v) is 9.42. The molecule has 1 atom stereocenters. The van der Waals surface area contributed by atoms with E-state index in [9.17, 15) is 28.7 Å². The van der Waals surface area contributed by atoms with Crippen LogP contribution in [0.25, 0.3) is 0 Å². The number of pyridine rings is 1. The number of piperazine rings is 1. The van der Waals surface area contributed by atoms with Crippen molar-refractivity contribution in [2.24, 2.45) is 0 Å². The zero-order valence-corrected chi connectivity index (χ0v) is 34.3. The smallest absolute Gasteiger partial charge is 0.256 e. The molecule has 2 aromatic carbocycles. The van der Waals surface area contributed by atoms with E-state index in [-0.39, 0.29) is 52.5 Å². The Morgan fingerprint density at radius 1 is 0.932 bits per heavy atom. The van der Waals surface area contributed by atoms with Gasteiger partial charge in [0.2, 0.25) is 17.7 Å². The van der Waals surface area contributed by atoms with E-state index in [4.69, 9.17) is 16.6 Å². The molecule has 4 aliphatic rings. The van der Waals surface area contributed by atoms with Crippen LogP contribution in [-0.4, -0.2) is 111 Å². The monoisotopic (exact) mass is 842 g/mol. The fourth-order valence-electron chi connectivity index (χ4n) is 8.71. The van der Waals surface area contributed by atoms with Gasteiger partial charge in [0.25, 0.3) is 5.91 Å². The lowest BCUT2D eigenvalue weighted by atomic mass is 9.86. The fraction of sp³-hybridized carbons (Fsp3) is 0.442. The zero-order chi connectivity index (χ0) is 41.1. The lowest BCUT2D eigenvalue weighted by Gasteiger charge is -2.40. The lowest BCUT2D eigenvalue weighted by Crippen LogP contribution is -2.48. The van der Waals surface area contributed by atoms with Crippen LogP contribution in [0.1, 0.15) is 84.0 Å². The molecule has 0 unspecified atom stereocenters. The third-order valence-corrected chi connectivity index (χ3v) is 13.2. The van der Waals surface area contributed by atoms with Gasteiger partial charge < -0.3 is 25.1 Å². The second kappa shape index (κ2) is 17.7. The Kier molecular flexibility index (Phi) is 12.3. The standard InChI is InChI=1S/C43H48ClFN8O5S/c44-35-3-1-2-34(39(35)45)41(57)53-21-19-50(20-22-53)27-31-24-30(25-36(47-31)48-42-46-14-23-59-42)28-10-15-52(16-11-28)38(55)26-43(58)12-17-51(18-13-43)32-6-4-29(5-7-32)33-8-9-37(54)49-40(33)56/h1-7,14,23-25,28,33,58H,8-13,15-22,26-27H2,(H,46,47,48)(H,49,54,56)/t33-/m0/s1. The van der Waals surface area contributed by atoms with E-state index in [2.05, 4.69) is 37.6 Å². The minimum atomic E-state index is -1.07. The van der Waals surface area contributed by atoms with Crippen molar-refractivity contribution in [2.75, 3.05) is 62.6 Å². The number of imide groups is 1. The molecule has 0 aliphatic carbocycles. The number of anilines is 3. The summed E-state index contributed by atoms with van der Waals surface area (Å²) in [5, 5.41) is 19.9. The number of hydrogen-bond donors (Lipinski definition) is 3. The molecular weight excluding hydrogens is 795 g/mol. The van der Waals surface area contributed by atoms with Crippen LogP contribution in [-0.2, 0) is 20.9 Å². The number of amides is 4. The summed E-state index contributed by atoms with van der Waals surface area (Å²) >= 11 is 7.43. The number of thiazole rings is 1. The third-order valence-electron chi connectivity index (χ3n) is 12.2. The molecule has 16 heteroatoms. The van der Waals surface area contributed by atoms with E-state index < -0.39 is 11.4 Å². The van der Waals surface area contributed by atoms with Crippen molar-refractivity contribution in [2.45, 2.75) is 68.9 Å². The summed E-state index contributed by atoms with van der Waals surface area (Å²) in [7, 11) is 0. The van der Waals surface area contributed by atoms with Crippen LogP contribution in [0, 0.1) is 5.82 Å². The van der Waals surface area contributed by atoms with Gasteiger partial charge in [0.15, 0.2) is 10.9 Å². The highest BCUT2D eigenvalue weighted by atomic mass is 35.5. The molecule has 2 aromatic heterocycles. The van der Waals surface area contributed by atoms with Crippen LogP contribution in [0.15, 0.2) is 66.2 Å². The van der Waals surface area contributed by atoms with Gasteiger partial charge >= 0.3 is 0 Å². The van der Waals surface area contributed by atoms with Crippen LogP contribution >= 0.6 is 22.9 Å². The Morgan fingerprint density at radius 3 is 2.37 bits per heavy atom. The molecule has 4 aromatic rings. The number of nitrogens with one attached hydrogen (secondary N) is 2. The minimum Gasteiger partial charge on any atom is -0.389 e. The number of rotatable bonds is 10. The first-order chi connectivity index (χ1) is 28.5. The van der Waals surface area contributed by atoms with Gasteiger partial charge in [0, 0.05) is 82.6 Å². The largest absolute Gasteiger partial charge is 0.389 e. The summed E-state index contributed by atoms with van der Waals surface area (Å²) in [5.41, 5.74) is 2.83. The second-order valence-electron chi connectivity index (χ2n) is 16.0. The predicted molar refractivity (Wildman–Crippen MR) is 223 cm³/mol. The van der Waals surface area contributed by atoms with Crippen molar-refractivity contribution < 1.29 is 28.7 Å². The number of aliphatic hydroxyl groups is 1. The Bertz CT molecular complexity index is 2170. The van der Waals surface area contributed by atoms with Crippen molar-refractivity contribution >= 4 is 63.2 Å². The molecule has 6 heterocycles. The number of nitrogens with zero attached hydrogens (tertiary/aromatic N) is 6. The summed E-state index contributed by atoms with van der Waals surface area (Å²) in [6.07, 6.45) is 5.20. The number of halogens is 2. The first kappa shape index (κ1) is 40.8. The van der Waals surface area contributed by atoms with E-state index in [1.165, 1.54) is 23.5 Å². The molecule has 0 radical (unpaired) electrons. The van der Waals surface area contributed by atoms with Gasteiger partial charge in [-0.05, 0) is 85.5 Å². The lowest BCUT2D eigenvalue weighted by molar-refractivity contribution is -0.138. The minimum absolute atomic E-state index is 0.0169. The summed E-state index contributed by atoms with van der Waals surface area (Å²) in [6.45, 7) is 5.13. The average molecular weight is 843 g/mol. The summed E-state index contributed by atoms with van der Waals surface area (Å²) in [6, 6.07) is 16.6. The molecule has 4 amide bonds. The Hall–Kier alpha value is -4.96.